The molecule has 0 aromatic rings. The number of hydrogen-bond donors (Lipinski definition) is 0. The van der Waals surface area contributed by atoms with Crippen LogP contribution in [0.1, 0.15) is 20.3 Å². The van der Waals surface area contributed by atoms with Gasteiger partial charge in [0.25, 0.3) is 10.1 Å². The molecular weight excluding hydrogens is 277 g/mol. The third-order valence-corrected chi connectivity index (χ3v) is 2.99. The topological polar surface area (TPSA) is 69.7 Å². The van der Waals surface area contributed by atoms with Crippen LogP contribution in [-0.2, 0) is 23.8 Å². The minimum Gasteiger partial charge on any atom is -0.463 e. The Morgan fingerprint density at radius 3 is 2.06 bits per heavy atom. The van der Waals surface area contributed by atoms with Crippen molar-refractivity contribution in [1.82, 2.24) is 0 Å². The average Bonchev–Trinajstić information content (AvgIpc) is 2.19. The molecule has 1 atom stereocenters. The third-order valence-electron chi connectivity index (χ3n) is 2.40. The first-order valence-corrected chi connectivity index (χ1v) is 6.84. The van der Waals surface area contributed by atoms with Crippen LogP contribution in [-0.4, -0.2) is 40.0 Å². The highest BCUT2D eigenvalue weighted by molar-refractivity contribution is 7.85. The van der Waals surface area contributed by atoms with E-state index in [0.717, 1.165) is 13.2 Å². The molecule has 0 rings (SSSR count). The van der Waals surface area contributed by atoms with Gasteiger partial charge in [-0.1, -0.05) is 6.92 Å². The molecule has 0 N–H and O–H groups in total. The molecule has 0 spiro atoms. The maximum Gasteiger partial charge on any atom is 0.404 e. The summed E-state index contributed by atoms with van der Waals surface area (Å²) in [5, 5.41) is 0. The molecular formula is C9H15F3O5S. The molecule has 0 bridgehead atoms. The lowest BCUT2D eigenvalue weighted by Crippen LogP contribution is -2.43. The molecule has 0 saturated carbocycles. The predicted octanol–water partition coefficient (Wildman–Crippen LogP) is 1.48. The summed E-state index contributed by atoms with van der Waals surface area (Å²) in [5.74, 6) is -1.45. The number of carbonyl (C=O) groups is 1. The Kier molecular flexibility index (Phi) is 5.60. The normalized spacial score (nSPS) is 16.1. The first-order valence-electron chi connectivity index (χ1n) is 5.02. The van der Waals surface area contributed by atoms with Crippen LogP contribution in [0.15, 0.2) is 0 Å². The monoisotopic (exact) mass is 292 g/mol. The van der Waals surface area contributed by atoms with Gasteiger partial charge in [-0.3, -0.25) is 8.98 Å². The van der Waals surface area contributed by atoms with Gasteiger partial charge in [0, 0.05) is 0 Å². The zero-order chi connectivity index (χ0) is 14.6. The summed E-state index contributed by atoms with van der Waals surface area (Å²) >= 11 is 0. The fraction of sp³-hybridized carbons (Fsp3) is 0.889. The number of ether oxygens (including phenoxy) is 1. The Labute approximate surface area is 103 Å². The van der Waals surface area contributed by atoms with E-state index in [-0.39, 0.29) is 0 Å². The quantitative estimate of drug-likeness (QED) is 0.421. The smallest absolute Gasteiger partial charge is 0.404 e. The number of hydrogen-bond acceptors (Lipinski definition) is 5. The van der Waals surface area contributed by atoms with Crippen molar-refractivity contribution in [2.24, 2.45) is 5.41 Å². The number of alkyl halides is 3. The van der Waals surface area contributed by atoms with E-state index in [1.807, 2.05) is 0 Å². The summed E-state index contributed by atoms with van der Waals surface area (Å²) in [5.41, 5.74) is -2.60. The third kappa shape index (κ3) is 4.81. The van der Waals surface area contributed by atoms with Crippen molar-refractivity contribution >= 4 is 16.1 Å². The van der Waals surface area contributed by atoms with Crippen LogP contribution in [0, 0.1) is 5.41 Å². The highest BCUT2D eigenvalue weighted by atomic mass is 32.2. The van der Waals surface area contributed by atoms with Crippen molar-refractivity contribution < 1.29 is 35.3 Å². The number of halogens is 3. The second-order valence-electron chi connectivity index (χ2n) is 3.85. The Morgan fingerprint density at radius 2 is 1.72 bits per heavy atom. The zero-order valence-corrected chi connectivity index (χ0v) is 11.0. The summed E-state index contributed by atoms with van der Waals surface area (Å²) in [7, 11) is -3.71. The molecule has 0 aliphatic heterocycles. The highest BCUT2D eigenvalue weighted by Gasteiger charge is 2.56. The molecule has 0 saturated heterocycles. The van der Waals surface area contributed by atoms with Crippen molar-refractivity contribution in [3.63, 3.8) is 0 Å². The van der Waals surface area contributed by atoms with Crippen molar-refractivity contribution in [2.45, 2.75) is 26.4 Å². The van der Waals surface area contributed by atoms with Gasteiger partial charge in [0.2, 0.25) is 0 Å². The van der Waals surface area contributed by atoms with E-state index in [1.54, 1.807) is 0 Å². The van der Waals surface area contributed by atoms with Crippen molar-refractivity contribution in [2.75, 3.05) is 19.5 Å². The molecule has 0 aromatic heterocycles. The standard InChI is InChI=1S/C9H15F3O5S/c1-4-8(2,9(10,11)12)7(13)16-5-6-17-18(3,14)15/h4-6H2,1-3H3. The Balaban J connectivity index is 4.40. The molecule has 0 aromatic carbocycles. The largest absolute Gasteiger partial charge is 0.463 e. The maximum atomic E-state index is 12.6. The first kappa shape index (κ1) is 17.2. The molecule has 0 aliphatic carbocycles. The highest BCUT2D eigenvalue weighted by Crippen LogP contribution is 2.41. The Hall–Kier alpha value is -0.830. The van der Waals surface area contributed by atoms with Gasteiger partial charge < -0.3 is 4.74 Å². The number of rotatable bonds is 6. The molecule has 108 valence electrons. The first-order chi connectivity index (χ1) is 7.94. The summed E-state index contributed by atoms with van der Waals surface area (Å²) < 4.78 is 67.6. The van der Waals surface area contributed by atoms with Crippen LogP contribution in [0.5, 0.6) is 0 Å². The van der Waals surface area contributed by atoms with Crippen molar-refractivity contribution in [1.29, 1.82) is 0 Å². The van der Waals surface area contributed by atoms with Gasteiger partial charge >= 0.3 is 12.1 Å². The van der Waals surface area contributed by atoms with E-state index < -0.39 is 47.3 Å². The van der Waals surface area contributed by atoms with E-state index in [2.05, 4.69) is 8.92 Å². The van der Waals surface area contributed by atoms with Gasteiger partial charge in [0.1, 0.15) is 13.2 Å². The van der Waals surface area contributed by atoms with Gasteiger partial charge in [0.05, 0.1) is 6.26 Å². The van der Waals surface area contributed by atoms with Gasteiger partial charge in [-0.05, 0) is 13.3 Å². The molecule has 18 heavy (non-hydrogen) atoms. The van der Waals surface area contributed by atoms with Crippen LogP contribution in [0.4, 0.5) is 13.2 Å². The maximum absolute atomic E-state index is 12.6. The summed E-state index contributed by atoms with van der Waals surface area (Å²) in [6.07, 6.45) is -4.42. The predicted molar refractivity (Wildman–Crippen MR) is 56.2 cm³/mol. The fourth-order valence-electron chi connectivity index (χ4n) is 0.940. The minimum atomic E-state index is -4.73. The summed E-state index contributed by atoms with van der Waals surface area (Å²) in [6.45, 7) is 0.869. The van der Waals surface area contributed by atoms with Crippen molar-refractivity contribution in [3.05, 3.63) is 0 Å². The van der Waals surface area contributed by atoms with Crippen LogP contribution in [0.2, 0.25) is 0 Å². The SMILES string of the molecule is CCC(C)(C(=O)OCCOS(C)(=O)=O)C(F)(F)F. The van der Waals surface area contributed by atoms with E-state index in [1.165, 1.54) is 6.92 Å². The molecule has 0 fully saturated rings. The van der Waals surface area contributed by atoms with Crippen LogP contribution in [0.25, 0.3) is 0 Å². The Bertz CT molecular complexity index is 389. The van der Waals surface area contributed by atoms with Crippen LogP contribution < -0.4 is 0 Å². The summed E-state index contributed by atoms with van der Waals surface area (Å²) in [6, 6.07) is 0. The lowest BCUT2D eigenvalue weighted by Gasteiger charge is -2.28. The van der Waals surface area contributed by atoms with E-state index in [0.29, 0.717) is 0 Å². The molecule has 5 nitrogen and oxygen atoms in total. The second kappa shape index (κ2) is 5.87. The minimum absolute atomic E-state index is 0.470. The molecule has 0 radical (unpaired) electrons. The lowest BCUT2D eigenvalue weighted by molar-refractivity contribution is -0.230. The fourth-order valence-corrected chi connectivity index (χ4v) is 1.31. The van der Waals surface area contributed by atoms with Crippen molar-refractivity contribution in [3.8, 4) is 0 Å². The average molecular weight is 292 g/mol. The number of esters is 1. The number of carbonyl (C=O) groups excluding carboxylic acids is 1. The molecule has 0 amide bonds. The zero-order valence-electron chi connectivity index (χ0n) is 10.2. The lowest BCUT2D eigenvalue weighted by atomic mass is 9.87. The molecule has 1 unspecified atom stereocenters. The Morgan fingerprint density at radius 1 is 1.22 bits per heavy atom. The van der Waals surface area contributed by atoms with Crippen LogP contribution in [0.3, 0.4) is 0 Å². The van der Waals surface area contributed by atoms with Gasteiger partial charge in [-0.15, -0.1) is 0 Å². The molecule has 0 aliphatic rings. The summed E-state index contributed by atoms with van der Waals surface area (Å²) in [4.78, 5) is 11.3. The molecule has 0 heterocycles. The van der Waals surface area contributed by atoms with E-state index in [4.69, 9.17) is 0 Å². The molecule has 9 heteroatoms. The van der Waals surface area contributed by atoms with Gasteiger partial charge in [-0.2, -0.15) is 21.6 Å². The van der Waals surface area contributed by atoms with Gasteiger partial charge in [-0.25, -0.2) is 0 Å². The van der Waals surface area contributed by atoms with E-state index >= 15 is 0 Å². The van der Waals surface area contributed by atoms with Crippen LogP contribution >= 0.6 is 0 Å². The second-order valence-corrected chi connectivity index (χ2v) is 5.49. The van der Waals surface area contributed by atoms with E-state index in [9.17, 15) is 26.4 Å². The van der Waals surface area contributed by atoms with Gasteiger partial charge in [0.15, 0.2) is 5.41 Å².